The van der Waals surface area contributed by atoms with E-state index in [0.717, 1.165) is 83.9 Å². The molecule has 0 aliphatic heterocycles. The van der Waals surface area contributed by atoms with Crippen LogP contribution < -0.4 is 94.7 Å². The number of nitrogens with zero attached hydrogens (tertiary/aromatic N) is 4. The van der Waals surface area contributed by atoms with Crippen LogP contribution in [0.15, 0.2) is 162 Å². The molecule has 0 saturated heterocycles. The molecule has 0 aliphatic carbocycles. The molecule has 27 nitrogen and oxygen atoms in total. The summed E-state index contributed by atoms with van der Waals surface area (Å²) in [5.74, 6) is -2.24. The summed E-state index contributed by atoms with van der Waals surface area (Å²) in [6, 6.07) is 40.1. The van der Waals surface area contributed by atoms with Crippen molar-refractivity contribution in [3.63, 3.8) is 0 Å². The molecule has 9 rings (SSSR count). The van der Waals surface area contributed by atoms with E-state index in [2.05, 4.69) is 9.61 Å². The van der Waals surface area contributed by atoms with Crippen molar-refractivity contribution < 1.29 is 162 Å². The van der Waals surface area contributed by atoms with Crippen LogP contribution in [0.1, 0.15) is 1.43 Å². The first-order valence-electron chi connectivity index (χ1n) is 24.5. The smallest absolute Gasteiger partial charge is 0.797 e. The minimum absolute atomic E-state index is 0. The Bertz CT molecular complexity index is 4330. The molecular formula is C50H62Cs2N6O21P4S8+. The molecule has 487 valence electrons. The maximum atomic E-state index is 12.7. The molecule has 0 saturated carbocycles. The predicted octanol–water partition coefficient (Wildman–Crippen LogP) is 6.09. The van der Waals surface area contributed by atoms with Crippen LogP contribution in [-0.4, -0.2) is 209 Å². The average Bonchev–Trinajstić information content (AvgIpc) is 2.25. The molecule has 2 unspecified atom stereocenters. The Balaban J connectivity index is 0.000000601. The van der Waals surface area contributed by atoms with Gasteiger partial charge in [0.1, 0.15) is 23.1 Å². The summed E-state index contributed by atoms with van der Waals surface area (Å²) >= 11 is 4.53. The number of quaternary nitrogens is 1. The summed E-state index contributed by atoms with van der Waals surface area (Å²) in [6.07, 6.45) is -0.781. The Morgan fingerprint density at radius 3 is 1.26 bits per heavy atom. The fourth-order valence-corrected chi connectivity index (χ4v) is 23.9. The molecule has 4 heterocycles. The number of hydrogen-bond donors (Lipinski definition) is 4. The number of carbonyl (C=O) groups is 1. The van der Waals surface area contributed by atoms with Crippen molar-refractivity contribution in [1.29, 1.82) is 0 Å². The molecule has 41 heteroatoms. The molecule has 91 heavy (non-hydrogen) atoms. The fraction of sp³-hybridized carbons (Fsp3) is 0.220. The molecule has 4 aromatic heterocycles. The molecule has 7 N–H and O–H groups in total. The van der Waals surface area contributed by atoms with E-state index < -0.39 is 87.2 Å². The van der Waals surface area contributed by atoms with Gasteiger partial charge in [-0.2, -0.15) is 12.9 Å². The minimum Gasteiger partial charge on any atom is -0.797 e. The molecule has 0 spiro atoms. The Labute approximate surface area is 661 Å². The van der Waals surface area contributed by atoms with Crippen LogP contribution in [0.25, 0.3) is 40.3 Å². The van der Waals surface area contributed by atoms with Gasteiger partial charge < -0.3 is 40.3 Å². The van der Waals surface area contributed by atoms with E-state index in [4.69, 9.17) is 24.4 Å². The number of nitro groups is 1. The van der Waals surface area contributed by atoms with Crippen molar-refractivity contribution in [2.24, 2.45) is 0 Å². The number of nitrogens with one attached hydrogen (secondary N) is 1. The number of nitro benzene ring substituents is 1. The monoisotopic (exact) mass is 1730 g/mol. The van der Waals surface area contributed by atoms with Crippen molar-refractivity contribution in [2.75, 3.05) is 66.7 Å². The Morgan fingerprint density at radius 2 is 0.945 bits per heavy atom. The summed E-state index contributed by atoms with van der Waals surface area (Å²) in [5.41, 5.74) is -0.203. The number of hydrogen-bond acceptors (Lipinski definition) is 23. The van der Waals surface area contributed by atoms with E-state index in [0.29, 0.717) is 18.2 Å². The number of carbonyl (C=O) groups excluding carboxylic acids is 1. The van der Waals surface area contributed by atoms with E-state index in [1.54, 1.807) is 87.3 Å². The van der Waals surface area contributed by atoms with Crippen molar-refractivity contribution in [2.45, 2.75) is 22.8 Å². The number of fused-ring (bicyclic) bond motifs is 4. The second-order valence-electron chi connectivity index (χ2n) is 19.2. The molecular weight excluding hydrogens is 1670 g/mol. The summed E-state index contributed by atoms with van der Waals surface area (Å²) in [6.45, 7) is 6.11. The van der Waals surface area contributed by atoms with Crippen LogP contribution in [0.2, 0.25) is 0 Å². The molecule has 0 aliphatic rings. The van der Waals surface area contributed by atoms with E-state index in [9.17, 15) is 67.2 Å². The first kappa shape index (κ1) is 86.0. The largest absolute Gasteiger partial charge is 1.00 e. The molecule has 0 bridgehead atoms. The molecule has 9 aromatic rings. The molecule has 0 amide bonds. The summed E-state index contributed by atoms with van der Waals surface area (Å²) in [4.78, 5) is 38.9. The van der Waals surface area contributed by atoms with Crippen LogP contribution in [0.5, 0.6) is 5.75 Å². The van der Waals surface area contributed by atoms with Crippen LogP contribution in [0, 0.1) is 10.1 Å². The average molecular weight is 1730 g/mol. The van der Waals surface area contributed by atoms with Gasteiger partial charge in [-0.1, -0.05) is 72.8 Å². The maximum absolute atomic E-state index is 12.7. The van der Waals surface area contributed by atoms with E-state index in [1.807, 2.05) is 48.5 Å². The third kappa shape index (κ3) is 26.0. The zero-order chi connectivity index (χ0) is 65.8. The Kier molecular flexibility index (Phi) is 35.2. The van der Waals surface area contributed by atoms with Gasteiger partial charge in [0, 0.05) is 122 Å². The zero-order valence-electron chi connectivity index (χ0n) is 50.1. The van der Waals surface area contributed by atoms with Crippen LogP contribution in [-0.2, 0) is 68.0 Å². The number of rotatable bonds is 20. The standard InChI is InChI=1S/C16H13N2O7PS2.C12H16NO3PS2.C11H14NO3PS2.C10H12NO5PS2.CH2O3.2Cs.H3N.H2/c1-17(28(23,24)15-10-11-4-2-3-5-14(11)27-15)16(19)26(22)25-13-8-6-12(7-9-13)18(20)21;1-13(9-17(2,3)14)19(15,16)12-8-10-6-4-5-7-11(10)18-12;1-16(2,13)8-12-18(14,15)11-7-9-5-3-4-6-10(9)17-11;1-11(7-17(12,13)14)19(15,16)10-6-8-4-2-3-5-9(8)18-10;2-1-4-3;;;;/h2-10,16H,1H3;4-8H,9H2,1-3H3;3-7,12H,8H2,1-2H3;2-6H,7H2,1H3,(H2,12,13,14);1,3H;;;1H3;1H/q;;;;;;+1;;. The topological polar surface area (TPSA) is 428 Å². The number of sulfonamides is 4. The predicted molar refractivity (Wildman–Crippen MR) is 354 cm³/mol. The fourth-order valence-electron chi connectivity index (χ4n) is 7.02. The quantitative estimate of drug-likeness (QED) is 0.0167. The first-order valence-corrected chi connectivity index (χ1v) is 42.2. The first-order chi connectivity index (χ1) is 40.8. The van der Waals surface area contributed by atoms with Crippen molar-refractivity contribution in [3.8, 4) is 5.75 Å². The van der Waals surface area contributed by atoms with Crippen molar-refractivity contribution in [1.82, 2.24) is 23.8 Å². The van der Waals surface area contributed by atoms with Gasteiger partial charge in [-0.25, -0.2) is 38.4 Å². The van der Waals surface area contributed by atoms with Gasteiger partial charge >= 0.3 is 84.5 Å². The maximum Gasteiger partial charge on any atom is 1.00 e. The van der Waals surface area contributed by atoms with Gasteiger partial charge in [0.25, 0.3) is 52.3 Å². The number of benzene rings is 5. The summed E-state index contributed by atoms with van der Waals surface area (Å²) < 4.78 is 159. The Morgan fingerprint density at radius 1 is 0.615 bits per heavy atom. The van der Waals surface area contributed by atoms with Crippen molar-refractivity contribution >= 4 is 237 Å². The molecule has 2 atom stereocenters. The molecule has 0 fully saturated rings. The third-order valence-electron chi connectivity index (χ3n) is 11.2. The second-order valence-corrected chi connectivity index (χ2v) is 42.0. The SMILES string of the molecule is CN(C([O-])[P+](=O)Oc1ccc([N+](=O)[O-])cc1)S(=O)(=O)c1cc2ccccc2s1.CN(CP(=O)(O)O)S(=O)(=O)c1cc2ccccc2s1.CN(CP(C)(C)=O)S(=O)(=O)c1cc2ccccc2s1.CP(C)(=O)CNS(=O)(=O)c1cc2ccccc2s1.O=CO[O-].[Cs+].[Cs].[HH].[NH4+]. The molecule has 5 aromatic carbocycles. The second kappa shape index (κ2) is 37.2. The van der Waals surface area contributed by atoms with Gasteiger partial charge in [0.15, 0.2) is 5.75 Å². The molecule has 1 radical (unpaired) electrons. The van der Waals surface area contributed by atoms with Gasteiger partial charge in [0.05, 0.1) is 31.8 Å². The van der Waals surface area contributed by atoms with E-state index >= 15 is 0 Å². The van der Waals surface area contributed by atoms with Gasteiger partial charge in [0.2, 0.25) is 5.97 Å². The van der Waals surface area contributed by atoms with Crippen LogP contribution in [0.3, 0.4) is 0 Å². The Hall–Kier alpha value is -1.06. The van der Waals surface area contributed by atoms with Gasteiger partial charge in [-0.3, -0.25) is 24.0 Å². The van der Waals surface area contributed by atoms with Gasteiger partial charge in [-0.15, -0.1) is 45.3 Å². The van der Waals surface area contributed by atoms with E-state index in [-0.39, 0.29) is 188 Å². The van der Waals surface area contributed by atoms with Crippen molar-refractivity contribution in [3.05, 3.63) is 156 Å². The summed E-state index contributed by atoms with van der Waals surface area (Å²) in [7, 11) is -23.7. The van der Waals surface area contributed by atoms with Gasteiger partial charge in [-0.05, 0) is 113 Å². The number of non-ortho nitro benzene ring substituents is 1. The number of thiophene rings is 4. The summed E-state index contributed by atoms with van der Waals surface area (Å²) in [5, 5.41) is 34.8. The van der Waals surface area contributed by atoms with Crippen LogP contribution >= 0.6 is 75.3 Å². The third-order valence-corrected chi connectivity index (χ3v) is 28.9. The zero-order valence-corrected chi connectivity index (χ0v) is 72.8. The normalized spacial score (nSPS) is 12.5. The van der Waals surface area contributed by atoms with Crippen LogP contribution in [0.4, 0.5) is 5.69 Å². The minimum atomic E-state index is -4.42. The van der Waals surface area contributed by atoms with E-state index in [1.165, 1.54) is 58.3 Å².